The van der Waals surface area contributed by atoms with Gasteiger partial charge < -0.3 is 10.1 Å². The van der Waals surface area contributed by atoms with Crippen molar-refractivity contribution in [1.82, 2.24) is 15.1 Å². The van der Waals surface area contributed by atoms with Gasteiger partial charge in [-0.25, -0.2) is 0 Å². The third kappa shape index (κ3) is 3.89. The first-order valence-corrected chi connectivity index (χ1v) is 6.28. The van der Waals surface area contributed by atoms with Gasteiger partial charge in [0.1, 0.15) is 12.4 Å². The summed E-state index contributed by atoms with van der Waals surface area (Å²) in [6.45, 7) is 5.34. The minimum Gasteiger partial charge on any atom is -0.492 e. The molecule has 0 radical (unpaired) electrons. The van der Waals surface area contributed by atoms with Crippen molar-refractivity contribution in [1.29, 1.82) is 0 Å². The van der Waals surface area contributed by atoms with Crippen LogP contribution >= 0.6 is 0 Å². The van der Waals surface area contributed by atoms with Crippen molar-refractivity contribution >= 4 is 0 Å². The molecule has 0 atom stereocenters. The summed E-state index contributed by atoms with van der Waals surface area (Å²) in [7, 11) is 0. The summed E-state index contributed by atoms with van der Waals surface area (Å²) in [6, 6.07) is 9.84. The van der Waals surface area contributed by atoms with Crippen LogP contribution in [0.3, 0.4) is 0 Å². The third-order valence-electron chi connectivity index (χ3n) is 2.60. The van der Waals surface area contributed by atoms with E-state index in [4.69, 9.17) is 4.74 Å². The molecular weight excluding hydrogens is 226 g/mol. The number of para-hydroxylation sites is 1. The highest BCUT2D eigenvalue weighted by atomic mass is 16.5. The van der Waals surface area contributed by atoms with Crippen LogP contribution in [0.2, 0.25) is 0 Å². The molecule has 0 unspecified atom stereocenters. The Balaban J connectivity index is 1.75. The molecule has 18 heavy (non-hydrogen) atoms. The molecule has 1 heterocycles. The maximum Gasteiger partial charge on any atom is 0.119 e. The number of benzene rings is 1. The molecule has 0 fully saturated rings. The topological polar surface area (TPSA) is 39.1 Å². The molecule has 1 N–H and O–H groups in total. The van der Waals surface area contributed by atoms with Crippen molar-refractivity contribution in [3.05, 3.63) is 48.3 Å². The lowest BCUT2D eigenvalue weighted by Crippen LogP contribution is -2.11. The average molecular weight is 245 g/mol. The first-order valence-electron chi connectivity index (χ1n) is 6.28. The van der Waals surface area contributed by atoms with Crippen molar-refractivity contribution < 1.29 is 4.74 Å². The predicted octanol–water partition coefficient (Wildman–Crippen LogP) is 2.07. The molecule has 1 aromatic heterocycles. The van der Waals surface area contributed by atoms with Crippen LogP contribution in [-0.2, 0) is 13.1 Å². The third-order valence-corrected chi connectivity index (χ3v) is 2.60. The van der Waals surface area contributed by atoms with Gasteiger partial charge in [-0.05, 0) is 18.7 Å². The SMILES string of the molecule is CCNCc1cnn(CCOc2ccccc2)c1. The smallest absolute Gasteiger partial charge is 0.119 e. The summed E-state index contributed by atoms with van der Waals surface area (Å²) in [5, 5.41) is 7.57. The van der Waals surface area contributed by atoms with Crippen LogP contribution in [0.5, 0.6) is 5.75 Å². The van der Waals surface area contributed by atoms with E-state index in [1.54, 1.807) is 0 Å². The van der Waals surface area contributed by atoms with Crippen LogP contribution < -0.4 is 10.1 Å². The number of hydrogen-bond acceptors (Lipinski definition) is 3. The molecule has 0 amide bonds. The van der Waals surface area contributed by atoms with Gasteiger partial charge in [0.2, 0.25) is 0 Å². The number of nitrogens with zero attached hydrogens (tertiary/aromatic N) is 2. The molecule has 0 aliphatic rings. The van der Waals surface area contributed by atoms with Gasteiger partial charge in [0.05, 0.1) is 12.7 Å². The average Bonchev–Trinajstić information content (AvgIpc) is 2.85. The van der Waals surface area contributed by atoms with Gasteiger partial charge in [-0.2, -0.15) is 5.10 Å². The number of ether oxygens (including phenoxy) is 1. The molecule has 4 heteroatoms. The zero-order valence-electron chi connectivity index (χ0n) is 10.7. The molecule has 0 spiro atoms. The van der Waals surface area contributed by atoms with Crippen LogP contribution in [0.4, 0.5) is 0 Å². The molecular formula is C14H19N3O. The monoisotopic (exact) mass is 245 g/mol. The zero-order valence-corrected chi connectivity index (χ0v) is 10.7. The van der Waals surface area contributed by atoms with E-state index >= 15 is 0 Å². The fraction of sp³-hybridized carbons (Fsp3) is 0.357. The highest BCUT2D eigenvalue weighted by Crippen LogP contribution is 2.08. The summed E-state index contributed by atoms with van der Waals surface area (Å²) in [6.07, 6.45) is 3.95. The molecule has 2 rings (SSSR count). The van der Waals surface area contributed by atoms with E-state index in [9.17, 15) is 0 Å². The molecule has 0 aliphatic carbocycles. The van der Waals surface area contributed by atoms with Crippen LogP contribution in [0.15, 0.2) is 42.7 Å². The van der Waals surface area contributed by atoms with E-state index in [1.165, 1.54) is 5.56 Å². The number of nitrogens with one attached hydrogen (secondary N) is 1. The predicted molar refractivity (Wildman–Crippen MR) is 71.5 cm³/mol. The molecule has 0 bridgehead atoms. The molecule has 4 nitrogen and oxygen atoms in total. The normalized spacial score (nSPS) is 10.5. The second-order valence-corrected chi connectivity index (χ2v) is 4.05. The summed E-state index contributed by atoms with van der Waals surface area (Å²) in [5.41, 5.74) is 1.21. The van der Waals surface area contributed by atoms with E-state index in [1.807, 2.05) is 41.2 Å². The summed E-state index contributed by atoms with van der Waals surface area (Å²) >= 11 is 0. The lowest BCUT2D eigenvalue weighted by Gasteiger charge is -2.05. The molecule has 0 saturated carbocycles. The van der Waals surface area contributed by atoms with Crippen molar-refractivity contribution in [2.24, 2.45) is 0 Å². The fourth-order valence-corrected chi connectivity index (χ4v) is 1.66. The second-order valence-electron chi connectivity index (χ2n) is 4.05. The van der Waals surface area contributed by atoms with E-state index in [-0.39, 0.29) is 0 Å². The van der Waals surface area contributed by atoms with Crippen molar-refractivity contribution in [2.75, 3.05) is 13.2 Å². The molecule has 0 saturated heterocycles. The maximum absolute atomic E-state index is 5.62. The van der Waals surface area contributed by atoms with Gasteiger partial charge in [-0.3, -0.25) is 4.68 Å². The standard InChI is InChI=1S/C14H19N3O/c1-2-15-10-13-11-16-17(12-13)8-9-18-14-6-4-3-5-7-14/h3-7,11-12,15H,2,8-10H2,1H3. The largest absolute Gasteiger partial charge is 0.492 e. The summed E-state index contributed by atoms with van der Waals surface area (Å²) in [5.74, 6) is 0.900. The van der Waals surface area contributed by atoms with E-state index in [2.05, 4.69) is 23.5 Å². The minimum atomic E-state index is 0.631. The Kier molecular flexibility index (Phi) is 4.78. The summed E-state index contributed by atoms with van der Waals surface area (Å²) in [4.78, 5) is 0. The Bertz CT molecular complexity index is 453. The van der Waals surface area contributed by atoms with Gasteiger partial charge >= 0.3 is 0 Å². The molecule has 96 valence electrons. The van der Waals surface area contributed by atoms with Crippen molar-refractivity contribution in [3.8, 4) is 5.75 Å². The van der Waals surface area contributed by atoms with Gasteiger partial charge in [-0.15, -0.1) is 0 Å². The van der Waals surface area contributed by atoms with Crippen LogP contribution in [-0.4, -0.2) is 22.9 Å². The summed E-state index contributed by atoms with van der Waals surface area (Å²) < 4.78 is 7.54. The van der Waals surface area contributed by atoms with Crippen LogP contribution in [0.1, 0.15) is 12.5 Å². The first-order chi connectivity index (χ1) is 8.88. The van der Waals surface area contributed by atoms with Crippen molar-refractivity contribution in [2.45, 2.75) is 20.0 Å². The quantitative estimate of drug-likeness (QED) is 0.811. The molecule has 1 aromatic carbocycles. The first kappa shape index (κ1) is 12.6. The fourth-order valence-electron chi connectivity index (χ4n) is 1.66. The van der Waals surface area contributed by atoms with Gasteiger partial charge in [-0.1, -0.05) is 25.1 Å². The highest BCUT2D eigenvalue weighted by Gasteiger charge is 1.98. The van der Waals surface area contributed by atoms with Crippen molar-refractivity contribution in [3.63, 3.8) is 0 Å². The number of aromatic nitrogens is 2. The maximum atomic E-state index is 5.62. The lowest BCUT2D eigenvalue weighted by molar-refractivity contribution is 0.291. The minimum absolute atomic E-state index is 0.631. The number of hydrogen-bond donors (Lipinski definition) is 1. The number of rotatable bonds is 7. The van der Waals surface area contributed by atoms with E-state index in [0.717, 1.165) is 25.4 Å². The molecule has 0 aliphatic heterocycles. The van der Waals surface area contributed by atoms with Gasteiger partial charge in [0.25, 0.3) is 0 Å². The van der Waals surface area contributed by atoms with Gasteiger partial charge in [0.15, 0.2) is 0 Å². The Labute approximate surface area is 108 Å². The Hall–Kier alpha value is -1.81. The lowest BCUT2D eigenvalue weighted by atomic mass is 10.3. The Morgan fingerprint density at radius 3 is 2.89 bits per heavy atom. The Morgan fingerprint density at radius 1 is 1.28 bits per heavy atom. The zero-order chi connectivity index (χ0) is 12.6. The van der Waals surface area contributed by atoms with Gasteiger partial charge in [0, 0.05) is 18.3 Å². The van der Waals surface area contributed by atoms with E-state index < -0.39 is 0 Å². The second kappa shape index (κ2) is 6.81. The van der Waals surface area contributed by atoms with Crippen LogP contribution in [0.25, 0.3) is 0 Å². The van der Waals surface area contributed by atoms with E-state index in [0.29, 0.717) is 6.61 Å². The molecule has 2 aromatic rings. The van der Waals surface area contributed by atoms with Crippen LogP contribution in [0, 0.1) is 0 Å². The highest BCUT2D eigenvalue weighted by molar-refractivity contribution is 5.20. The Morgan fingerprint density at radius 2 is 2.11 bits per heavy atom.